The molecule has 0 heterocycles. The molecule has 1 aliphatic rings. The molecule has 2 aromatic carbocycles. The van der Waals surface area contributed by atoms with Crippen LogP contribution in [0.1, 0.15) is 17.5 Å². The van der Waals surface area contributed by atoms with E-state index in [2.05, 4.69) is 34.7 Å². The highest BCUT2D eigenvalue weighted by atomic mass is 127. The number of ether oxygens (including phenoxy) is 1. The summed E-state index contributed by atoms with van der Waals surface area (Å²) in [4.78, 5) is 0. The van der Waals surface area contributed by atoms with Crippen molar-refractivity contribution >= 4 is 28.3 Å². The third-order valence-electron chi connectivity index (χ3n) is 3.27. The largest absolute Gasteiger partial charge is 0.455 e. The smallest absolute Gasteiger partial charge is 0.150 e. The topological polar surface area (TPSA) is 35.2 Å². The summed E-state index contributed by atoms with van der Waals surface area (Å²) in [5, 5.41) is 0. The number of hydrogen-bond donors (Lipinski definition) is 1. The molecule has 0 amide bonds. The summed E-state index contributed by atoms with van der Waals surface area (Å²) in [5.41, 5.74) is 9.50. The van der Waals surface area contributed by atoms with Crippen LogP contribution in [0.4, 0.5) is 5.69 Å². The normalized spacial score (nSPS) is 13.4. The number of benzene rings is 2. The molecule has 0 aliphatic heterocycles. The Morgan fingerprint density at radius 1 is 1.00 bits per heavy atom. The summed E-state index contributed by atoms with van der Waals surface area (Å²) in [6, 6.07) is 12.2. The first-order valence-corrected chi connectivity index (χ1v) is 7.15. The van der Waals surface area contributed by atoms with Gasteiger partial charge in [-0.25, -0.2) is 0 Å². The maximum atomic E-state index is 5.95. The van der Waals surface area contributed by atoms with Gasteiger partial charge in [0, 0.05) is 3.57 Å². The second-order valence-corrected chi connectivity index (χ2v) is 5.81. The predicted octanol–water partition coefficient (Wildman–Crippen LogP) is 4.15. The summed E-state index contributed by atoms with van der Waals surface area (Å²) in [7, 11) is 0. The van der Waals surface area contributed by atoms with E-state index < -0.39 is 0 Å². The zero-order valence-corrected chi connectivity index (χ0v) is 12.1. The number of nitrogens with two attached hydrogens (primary N) is 1. The highest BCUT2D eigenvalue weighted by Gasteiger charge is 2.12. The second-order valence-electron chi connectivity index (χ2n) is 4.57. The lowest BCUT2D eigenvalue weighted by Gasteiger charge is -2.10. The fraction of sp³-hybridized carbons (Fsp3) is 0.200. The molecule has 0 atom stereocenters. The van der Waals surface area contributed by atoms with E-state index >= 15 is 0 Å². The fourth-order valence-corrected chi connectivity index (χ4v) is 2.87. The van der Waals surface area contributed by atoms with E-state index in [9.17, 15) is 0 Å². The van der Waals surface area contributed by atoms with Crippen LogP contribution in [0.15, 0.2) is 36.4 Å². The number of nitrogen functional groups attached to an aromatic ring is 1. The molecule has 0 aromatic heterocycles. The van der Waals surface area contributed by atoms with Crippen LogP contribution in [0.3, 0.4) is 0 Å². The van der Waals surface area contributed by atoms with E-state index in [1.165, 1.54) is 24.0 Å². The molecule has 1 aliphatic carbocycles. The molecule has 2 N–H and O–H groups in total. The summed E-state index contributed by atoms with van der Waals surface area (Å²) in [6.45, 7) is 0. The molecule has 0 saturated carbocycles. The summed E-state index contributed by atoms with van der Waals surface area (Å²) < 4.78 is 6.98. The van der Waals surface area contributed by atoms with Gasteiger partial charge in [0.1, 0.15) is 11.5 Å². The van der Waals surface area contributed by atoms with Crippen LogP contribution in [0.25, 0.3) is 0 Å². The summed E-state index contributed by atoms with van der Waals surface area (Å²) in [5.74, 6) is 1.61. The van der Waals surface area contributed by atoms with Crippen molar-refractivity contribution in [1.29, 1.82) is 0 Å². The van der Waals surface area contributed by atoms with Crippen molar-refractivity contribution < 1.29 is 4.74 Å². The van der Waals surface area contributed by atoms with Crippen LogP contribution < -0.4 is 10.5 Å². The number of anilines is 1. The quantitative estimate of drug-likeness (QED) is 0.652. The molecule has 92 valence electrons. The highest BCUT2D eigenvalue weighted by Crippen LogP contribution is 2.32. The van der Waals surface area contributed by atoms with Crippen molar-refractivity contribution in [2.45, 2.75) is 19.3 Å². The molecule has 0 bridgehead atoms. The molecule has 0 saturated heterocycles. The monoisotopic (exact) mass is 351 g/mol. The summed E-state index contributed by atoms with van der Waals surface area (Å²) in [6.07, 6.45) is 3.61. The minimum atomic E-state index is 0.683. The molecular weight excluding hydrogens is 337 g/mol. The van der Waals surface area contributed by atoms with Crippen molar-refractivity contribution in [3.63, 3.8) is 0 Å². The molecule has 0 fully saturated rings. The van der Waals surface area contributed by atoms with Crippen LogP contribution in [0.2, 0.25) is 0 Å². The predicted molar refractivity (Wildman–Crippen MR) is 82.1 cm³/mol. The average molecular weight is 351 g/mol. The third kappa shape index (κ3) is 2.32. The van der Waals surface area contributed by atoms with E-state index in [0.717, 1.165) is 21.5 Å². The Morgan fingerprint density at radius 3 is 2.67 bits per heavy atom. The zero-order valence-electron chi connectivity index (χ0n) is 9.95. The first-order chi connectivity index (χ1) is 8.72. The van der Waals surface area contributed by atoms with Crippen molar-refractivity contribution in [3.05, 3.63) is 51.1 Å². The Balaban J connectivity index is 1.88. The molecule has 3 rings (SSSR count). The Morgan fingerprint density at radius 2 is 1.83 bits per heavy atom. The number of halogens is 1. The fourth-order valence-electron chi connectivity index (χ4n) is 2.35. The highest BCUT2D eigenvalue weighted by molar-refractivity contribution is 14.1. The molecule has 0 unspecified atom stereocenters. The minimum absolute atomic E-state index is 0.683. The van der Waals surface area contributed by atoms with Gasteiger partial charge in [-0.2, -0.15) is 0 Å². The first-order valence-electron chi connectivity index (χ1n) is 6.07. The van der Waals surface area contributed by atoms with Gasteiger partial charge in [-0.15, -0.1) is 0 Å². The minimum Gasteiger partial charge on any atom is -0.455 e. The van der Waals surface area contributed by atoms with Crippen LogP contribution in [0.5, 0.6) is 11.5 Å². The number of rotatable bonds is 2. The van der Waals surface area contributed by atoms with Crippen molar-refractivity contribution in [2.75, 3.05) is 5.73 Å². The molecule has 0 radical (unpaired) electrons. The van der Waals surface area contributed by atoms with E-state index in [1.807, 2.05) is 24.3 Å². The maximum Gasteiger partial charge on any atom is 0.150 e. The standard InChI is InChI=1S/C15H14INO/c16-12-5-7-15(14(17)9-12)18-13-6-4-10-2-1-3-11(10)8-13/h4-9H,1-3,17H2. The lowest BCUT2D eigenvalue weighted by Crippen LogP contribution is -1.93. The van der Waals surface area contributed by atoms with Gasteiger partial charge in [-0.05, 0) is 83.3 Å². The van der Waals surface area contributed by atoms with Crippen molar-refractivity contribution in [3.8, 4) is 11.5 Å². The van der Waals surface area contributed by atoms with E-state index in [-0.39, 0.29) is 0 Å². The van der Waals surface area contributed by atoms with Crippen LogP contribution in [0, 0.1) is 3.57 Å². The average Bonchev–Trinajstić information content (AvgIpc) is 2.80. The number of aryl methyl sites for hydroxylation is 2. The third-order valence-corrected chi connectivity index (χ3v) is 3.94. The lowest BCUT2D eigenvalue weighted by molar-refractivity contribution is 0.484. The lowest BCUT2D eigenvalue weighted by atomic mass is 10.1. The van der Waals surface area contributed by atoms with Gasteiger partial charge in [-0.1, -0.05) is 6.07 Å². The SMILES string of the molecule is Nc1cc(I)ccc1Oc1ccc2c(c1)CCC2. The Hall–Kier alpha value is -1.23. The van der Waals surface area contributed by atoms with Gasteiger partial charge in [0.15, 0.2) is 0 Å². The van der Waals surface area contributed by atoms with Gasteiger partial charge < -0.3 is 10.5 Å². The molecule has 0 spiro atoms. The van der Waals surface area contributed by atoms with Gasteiger partial charge in [0.05, 0.1) is 5.69 Å². The Bertz CT molecular complexity index is 595. The molecule has 2 aromatic rings. The van der Waals surface area contributed by atoms with Gasteiger partial charge in [0.25, 0.3) is 0 Å². The molecule has 18 heavy (non-hydrogen) atoms. The second kappa shape index (κ2) is 4.80. The Labute approximate surface area is 120 Å². The van der Waals surface area contributed by atoms with Crippen LogP contribution >= 0.6 is 22.6 Å². The van der Waals surface area contributed by atoms with E-state index in [4.69, 9.17) is 10.5 Å². The Kier molecular flexibility index (Phi) is 3.16. The molecule has 3 heteroatoms. The number of fused-ring (bicyclic) bond motifs is 1. The van der Waals surface area contributed by atoms with Crippen LogP contribution in [-0.2, 0) is 12.8 Å². The van der Waals surface area contributed by atoms with E-state index in [0.29, 0.717) is 5.69 Å². The van der Waals surface area contributed by atoms with Crippen molar-refractivity contribution in [2.24, 2.45) is 0 Å². The van der Waals surface area contributed by atoms with E-state index in [1.54, 1.807) is 0 Å². The van der Waals surface area contributed by atoms with Gasteiger partial charge >= 0.3 is 0 Å². The first kappa shape index (κ1) is 11.8. The van der Waals surface area contributed by atoms with Gasteiger partial charge in [0.2, 0.25) is 0 Å². The van der Waals surface area contributed by atoms with Gasteiger partial charge in [-0.3, -0.25) is 0 Å². The maximum absolute atomic E-state index is 5.95. The van der Waals surface area contributed by atoms with Crippen molar-refractivity contribution in [1.82, 2.24) is 0 Å². The molecular formula is C15H14INO. The summed E-state index contributed by atoms with van der Waals surface area (Å²) >= 11 is 2.24. The number of hydrogen-bond acceptors (Lipinski definition) is 2. The molecule has 2 nitrogen and oxygen atoms in total. The van der Waals surface area contributed by atoms with Crippen LogP contribution in [-0.4, -0.2) is 0 Å². The zero-order chi connectivity index (χ0) is 12.5.